The molecule has 0 spiro atoms. The minimum atomic E-state index is -0.429. The van der Waals surface area contributed by atoms with E-state index in [1.165, 1.54) is 0 Å². The zero-order chi connectivity index (χ0) is 16.5. The van der Waals surface area contributed by atoms with Crippen LogP contribution in [-0.4, -0.2) is 39.7 Å². The number of amides is 1. The number of terminal acetylenes is 1. The summed E-state index contributed by atoms with van der Waals surface area (Å²) in [4.78, 5) is 18.3. The number of aliphatic hydroxyl groups excluding tert-OH is 1. The van der Waals surface area contributed by atoms with Crippen LogP contribution in [0, 0.1) is 12.3 Å². The molecule has 0 saturated carbocycles. The van der Waals surface area contributed by atoms with E-state index in [2.05, 4.69) is 21.1 Å². The van der Waals surface area contributed by atoms with Gasteiger partial charge in [-0.2, -0.15) is 10.2 Å². The van der Waals surface area contributed by atoms with Crippen molar-refractivity contribution in [3.63, 3.8) is 0 Å². The number of carbonyl (C=O) groups is 1. The van der Waals surface area contributed by atoms with Crippen LogP contribution in [0.5, 0.6) is 0 Å². The molecular formula is C17H22N4O2. The molecule has 0 unspecified atom stereocenters. The SMILES string of the molecule is C#CCCC1(CCC(=O)N(CCCO)Cc2ccncc2)N=N1. The van der Waals surface area contributed by atoms with Crippen molar-refractivity contribution >= 4 is 5.91 Å². The molecule has 2 heterocycles. The van der Waals surface area contributed by atoms with E-state index in [0.29, 0.717) is 45.2 Å². The molecule has 0 radical (unpaired) electrons. The minimum Gasteiger partial charge on any atom is -0.396 e. The van der Waals surface area contributed by atoms with Crippen molar-refractivity contribution in [1.29, 1.82) is 0 Å². The van der Waals surface area contributed by atoms with Crippen LogP contribution >= 0.6 is 0 Å². The lowest BCUT2D eigenvalue weighted by molar-refractivity contribution is -0.132. The first-order valence-electron chi connectivity index (χ1n) is 7.84. The second kappa shape index (κ2) is 8.39. The van der Waals surface area contributed by atoms with E-state index in [4.69, 9.17) is 11.5 Å². The molecule has 0 atom stereocenters. The van der Waals surface area contributed by atoms with Crippen molar-refractivity contribution in [3.05, 3.63) is 30.1 Å². The van der Waals surface area contributed by atoms with Crippen molar-refractivity contribution in [2.24, 2.45) is 10.2 Å². The van der Waals surface area contributed by atoms with E-state index in [1.54, 1.807) is 17.3 Å². The van der Waals surface area contributed by atoms with Gasteiger partial charge in [-0.05, 0) is 24.1 Å². The number of aliphatic hydroxyl groups is 1. The topological polar surface area (TPSA) is 78.2 Å². The summed E-state index contributed by atoms with van der Waals surface area (Å²) in [6.45, 7) is 1.12. The predicted molar refractivity (Wildman–Crippen MR) is 86.2 cm³/mol. The summed E-state index contributed by atoms with van der Waals surface area (Å²) >= 11 is 0. The maximum atomic E-state index is 12.5. The number of hydrogen-bond acceptors (Lipinski definition) is 5. The van der Waals surface area contributed by atoms with Crippen molar-refractivity contribution in [1.82, 2.24) is 9.88 Å². The van der Waals surface area contributed by atoms with Crippen LogP contribution in [0.3, 0.4) is 0 Å². The Labute approximate surface area is 136 Å². The summed E-state index contributed by atoms with van der Waals surface area (Å²) in [6, 6.07) is 3.78. The Morgan fingerprint density at radius 1 is 1.30 bits per heavy atom. The molecule has 23 heavy (non-hydrogen) atoms. The lowest BCUT2D eigenvalue weighted by atomic mass is 10.0. The fraction of sp³-hybridized carbons (Fsp3) is 0.529. The smallest absolute Gasteiger partial charge is 0.223 e. The Balaban J connectivity index is 1.87. The van der Waals surface area contributed by atoms with E-state index < -0.39 is 5.66 Å². The fourth-order valence-electron chi connectivity index (χ4n) is 2.40. The molecule has 0 fully saturated rings. The van der Waals surface area contributed by atoms with Crippen molar-refractivity contribution < 1.29 is 9.90 Å². The first-order chi connectivity index (χ1) is 11.2. The normalized spacial score (nSPS) is 14.3. The summed E-state index contributed by atoms with van der Waals surface area (Å²) in [7, 11) is 0. The van der Waals surface area contributed by atoms with Gasteiger partial charge in [0.15, 0.2) is 5.66 Å². The molecule has 0 aliphatic carbocycles. The summed E-state index contributed by atoms with van der Waals surface area (Å²) < 4.78 is 0. The van der Waals surface area contributed by atoms with E-state index >= 15 is 0 Å². The number of carbonyl (C=O) groups excluding carboxylic acids is 1. The number of nitrogens with zero attached hydrogens (tertiary/aromatic N) is 4. The second-order valence-electron chi connectivity index (χ2n) is 5.63. The second-order valence-corrected chi connectivity index (χ2v) is 5.63. The Hall–Kier alpha value is -2.26. The number of rotatable bonds is 10. The molecule has 6 heteroatoms. The van der Waals surface area contributed by atoms with Gasteiger partial charge in [0.05, 0.1) is 0 Å². The van der Waals surface area contributed by atoms with Gasteiger partial charge in [-0.25, -0.2) is 0 Å². The highest BCUT2D eigenvalue weighted by Gasteiger charge is 2.39. The minimum absolute atomic E-state index is 0.0487. The largest absolute Gasteiger partial charge is 0.396 e. The van der Waals surface area contributed by atoms with Crippen molar-refractivity contribution in [2.45, 2.75) is 44.3 Å². The Morgan fingerprint density at radius 3 is 2.65 bits per heavy atom. The lowest BCUT2D eigenvalue weighted by Crippen LogP contribution is -2.32. The molecule has 0 saturated heterocycles. The Kier molecular flexibility index (Phi) is 6.24. The van der Waals surface area contributed by atoms with Crippen LogP contribution in [0.4, 0.5) is 0 Å². The van der Waals surface area contributed by atoms with Gasteiger partial charge in [0.25, 0.3) is 0 Å². The average molecular weight is 314 g/mol. The van der Waals surface area contributed by atoms with Gasteiger partial charge in [-0.3, -0.25) is 9.78 Å². The van der Waals surface area contributed by atoms with Crippen LogP contribution < -0.4 is 0 Å². The molecule has 1 amide bonds. The van der Waals surface area contributed by atoms with Crippen LogP contribution in [0.25, 0.3) is 0 Å². The zero-order valence-corrected chi connectivity index (χ0v) is 13.2. The molecule has 1 aliphatic heterocycles. The highest BCUT2D eigenvalue weighted by atomic mass is 16.3. The van der Waals surface area contributed by atoms with Crippen LogP contribution in [-0.2, 0) is 11.3 Å². The highest BCUT2D eigenvalue weighted by molar-refractivity contribution is 5.76. The van der Waals surface area contributed by atoms with Crippen molar-refractivity contribution in [2.75, 3.05) is 13.2 Å². The Bertz CT molecular complexity index is 574. The quantitative estimate of drug-likeness (QED) is 0.672. The third kappa shape index (κ3) is 5.46. The molecule has 2 rings (SSSR count). The number of pyridine rings is 1. The number of hydrogen-bond donors (Lipinski definition) is 1. The summed E-state index contributed by atoms with van der Waals surface area (Å²) in [5.74, 6) is 2.63. The maximum absolute atomic E-state index is 12.5. The molecular weight excluding hydrogens is 292 g/mol. The molecule has 0 aromatic carbocycles. The average Bonchev–Trinajstić information content (AvgIpc) is 3.36. The third-order valence-corrected chi connectivity index (χ3v) is 3.85. The first-order valence-corrected chi connectivity index (χ1v) is 7.84. The van der Waals surface area contributed by atoms with Gasteiger partial charge < -0.3 is 10.0 Å². The van der Waals surface area contributed by atoms with Gasteiger partial charge >= 0.3 is 0 Å². The standard InChI is InChI=1S/C17H22N4O2/c1-2-3-8-17(19-20-17)9-5-16(23)21(12-4-13-22)14-15-6-10-18-11-7-15/h1,6-7,10-11,22H,3-5,8-9,12-14H2. The van der Waals surface area contributed by atoms with Crippen molar-refractivity contribution in [3.8, 4) is 12.3 Å². The molecule has 122 valence electrons. The molecule has 1 N–H and O–H groups in total. The van der Waals surface area contributed by atoms with Crippen LogP contribution in [0.2, 0.25) is 0 Å². The maximum Gasteiger partial charge on any atom is 0.223 e. The van der Waals surface area contributed by atoms with Gasteiger partial charge in [0, 0.05) is 57.8 Å². The van der Waals surface area contributed by atoms with Crippen LogP contribution in [0.15, 0.2) is 34.8 Å². The first kappa shape index (κ1) is 17.1. The van der Waals surface area contributed by atoms with E-state index in [0.717, 1.165) is 5.56 Å². The fourth-order valence-corrected chi connectivity index (χ4v) is 2.40. The molecule has 0 bridgehead atoms. The lowest BCUT2D eigenvalue weighted by Gasteiger charge is -2.23. The van der Waals surface area contributed by atoms with E-state index in [9.17, 15) is 4.79 Å². The summed E-state index contributed by atoms with van der Waals surface area (Å²) in [5, 5.41) is 17.2. The van der Waals surface area contributed by atoms with E-state index in [-0.39, 0.29) is 12.5 Å². The van der Waals surface area contributed by atoms with Gasteiger partial charge in [-0.15, -0.1) is 12.3 Å². The molecule has 1 aromatic rings. The summed E-state index contributed by atoms with van der Waals surface area (Å²) in [5.41, 5.74) is 0.593. The predicted octanol–water partition coefficient (Wildman–Crippen LogP) is 2.15. The highest BCUT2D eigenvalue weighted by Crippen LogP contribution is 2.37. The molecule has 1 aromatic heterocycles. The zero-order valence-electron chi connectivity index (χ0n) is 13.2. The van der Waals surface area contributed by atoms with E-state index in [1.807, 2.05) is 12.1 Å². The third-order valence-electron chi connectivity index (χ3n) is 3.85. The Morgan fingerprint density at radius 2 is 2.04 bits per heavy atom. The molecule has 6 nitrogen and oxygen atoms in total. The van der Waals surface area contributed by atoms with Gasteiger partial charge in [-0.1, -0.05) is 0 Å². The monoisotopic (exact) mass is 314 g/mol. The summed E-state index contributed by atoms with van der Waals surface area (Å²) in [6.07, 6.45) is 11.6. The number of aromatic nitrogens is 1. The molecule has 1 aliphatic rings. The van der Waals surface area contributed by atoms with Gasteiger partial charge in [0.1, 0.15) is 0 Å². The van der Waals surface area contributed by atoms with Gasteiger partial charge in [0.2, 0.25) is 5.91 Å². The van der Waals surface area contributed by atoms with Crippen LogP contribution in [0.1, 0.15) is 37.7 Å².